The molecule has 0 amide bonds. The minimum Gasteiger partial charge on any atom is -0.324 e. The quantitative estimate of drug-likeness (QED) is 0.854. The highest BCUT2D eigenvalue weighted by Gasteiger charge is 2.13. The number of halogens is 2. The summed E-state index contributed by atoms with van der Waals surface area (Å²) in [4.78, 5) is 0. The molecule has 0 aromatic heterocycles. The predicted octanol–water partition coefficient (Wildman–Crippen LogP) is 3.96. The van der Waals surface area contributed by atoms with E-state index >= 15 is 0 Å². The van der Waals surface area contributed by atoms with Gasteiger partial charge in [-0.2, -0.15) is 0 Å². The first-order valence-electron chi connectivity index (χ1n) is 5.80. The number of aryl methyl sites for hydroxylation is 1. The SMILES string of the molecule is Cc1ccc(F)c(-c2cc(F)ccc2C(C)N)c1. The van der Waals surface area contributed by atoms with Gasteiger partial charge in [-0.1, -0.05) is 17.7 Å². The fourth-order valence-electron chi connectivity index (χ4n) is 2.00. The highest BCUT2D eigenvalue weighted by molar-refractivity contribution is 5.69. The van der Waals surface area contributed by atoms with Crippen LogP contribution in [-0.4, -0.2) is 0 Å². The van der Waals surface area contributed by atoms with Crippen LogP contribution >= 0.6 is 0 Å². The van der Waals surface area contributed by atoms with Crippen molar-refractivity contribution in [2.24, 2.45) is 5.73 Å². The lowest BCUT2D eigenvalue weighted by Crippen LogP contribution is -2.07. The van der Waals surface area contributed by atoms with Crippen LogP contribution in [0.1, 0.15) is 24.1 Å². The molecular formula is C15H15F2N. The van der Waals surface area contributed by atoms with Gasteiger partial charge in [-0.15, -0.1) is 0 Å². The Morgan fingerprint density at radius 3 is 2.39 bits per heavy atom. The fourth-order valence-corrected chi connectivity index (χ4v) is 2.00. The van der Waals surface area contributed by atoms with Gasteiger partial charge in [0, 0.05) is 11.6 Å². The predicted molar refractivity (Wildman–Crippen MR) is 69.1 cm³/mol. The van der Waals surface area contributed by atoms with E-state index in [9.17, 15) is 8.78 Å². The molecule has 0 spiro atoms. The maximum Gasteiger partial charge on any atom is 0.131 e. The number of nitrogens with two attached hydrogens (primary N) is 1. The van der Waals surface area contributed by atoms with Gasteiger partial charge in [0.2, 0.25) is 0 Å². The summed E-state index contributed by atoms with van der Waals surface area (Å²) in [7, 11) is 0. The van der Waals surface area contributed by atoms with E-state index in [2.05, 4.69) is 0 Å². The number of hydrogen-bond acceptors (Lipinski definition) is 1. The van der Waals surface area contributed by atoms with E-state index in [4.69, 9.17) is 5.73 Å². The van der Waals surface area contributed by atoms with Gasteiger partial charge < -0.3 is 5.73 Å². The lowest BCUT2D eigenvalue weighted by molar-refractivity contribution is 0.622. The first kappa shape index (κ1) is 12.7. The topological polar surface area (TPSA) is 26.0 Å². The van der Waals surface area contributed by atoms with Crippen molar-refractivity contribution in [3.8, 4) is 11.1 Å². The van der Waals surface area contributed by atoms with Gasteiger partial charge in [0.15, 0.2) is 0 Å². The van der Waals surface area contributed by atoms with Crippen molar-refractivity contribution in [3.63, 3.8) is 0 Å². The van der Waals surface area contributed by atoms with E-state index in [-0.39, 0.29) is 11.9 Å². The van der Waals surface area contributed by atoms with E-state index in [1.54, 1.807) is 25.1 Å². The number of rotatable bonds is 2. The average molecular weight is 247 g/mol. The summed E-state index contributed by atoms with van der Waals surface area (Å²) in [5.41, 5.74) is 8.41. The average Bonchev–Trinajstić information content (AvgIpc) is 2.31. The Labute approximate surface area is 105 Å². The molecule has 2 N–H and O–H groups in total. The molecule has 0 saturated carbocycles. The molecule has 1 atom stereocenters. The van der Waals surface area contributed by atoms with Crippen LogP contribution in [-0.2, 0) is 0 Å². The van der Waals surface area contributed by atoms with Crippen LogP contribution in [0, 0.1) is 18.6 Å². The molecule has 0 saturated heterocycles. The molecule has 0 fully saturated rings. The Morgan fingerprint density at radius 2 is 1.72 bits per heavy atom. The minimum absolute atomic E-state index is 0.277. The zero-order valence-electron chi connectivity index (χ0n) is 10.4. The third-order valence-electron chi connectivity index (χ3n) is 2.92. The molecule has 2 rings (SSSR count). The molecule has 1 nitrogen and oxygen atoms in total. The van der Waals surface area contributed by atoms with E-state index in [1.165, 1.54) is 18.2 Å². The smallest absolute Gasteiger partial charge is 0.131 e. The second-order valence-corrected chi connectivity index (χ2v) is 4.50. The van der Waals surface area contributed by atoms with Crippen molar-refractivity contribution in [3.05, 3.63) is 59.2 Å². The molecule has 0 radical (unpaired) electrons. The molecule has 94 valence electrons. The van der Waals surface area contributed by atoms with Gasteiger partial charge in [0.25, 0.3) is 0 Å². The molecule has 0 heterocycles. The van der Waals surface area contributed by atoms with Crippen molar-refractivity contribution in [2.75, 3.05) is 0 Å². The van der Waals surface area contributed by atoms with E-state index in [0.29, 0.717) is 11.1 Å². The van der Waals surface area contributed by atoms with E-state index in [0.717, 1.165) is 11.1 Å². The van der Waals surface area contributed by atoms with E-state index in [1.807, 2.05) is 6.92 Å². The Hall–Kier alpha value is -1.74. The van der Waals surface area contributed by atoms with Crippen LogP contribution in [0.15, 0.2) is 36.4 Å². The summed E-state index contributed by atoms with van der Waals surface area (Å²) in [6.45, 7) is 3.66. The highest BCUT2D eigenvalue weighted by Crippen LogP contribution is 2.30. The summed E-state index contributed by atoms with van der Waals surface area (Å²) < 4.78 is 27.2. The minimum atomic E-state index is -0.393. The van der Waals surface area contributed by atoms with Gasteiger partial charge in [-0.3, -0.25) is 0 Å². The Morgan fingerprint density at radius 1 is 1.00 bits per heavy atom. The third kappa shape index (κ3) is 2.41. The first-order chi connectivity index (χ1) is 8.49. The number of hydrogen-bond donors (Lipinski definition) is 1. The van der Waals surface area contributed by atoms with Crippen LogP contribution in [0.2, 0.25) is 0 Å². The molecule has 0 aliphatic heterocycles. The van der Waals surface area contributed by atoms with Crippen molar-refractivity contribution in [1.82, 2.24) is 0 Å². The van der Waals surface area contributed by atoms with E-state index < -0.39 is 5.82 Å². The van der Waals surface area contributed by atoms with Gasteiger partial charge in [0.05, 0.1) is 0 Å². The summed E-state index contributed by atoms with van der Waals surface area (Å²) in [6, 6.07) is 8.78. The molecular weight excluding hydrogens is 232 g/mol. The summed E-state index contributed by atoms with van der Waals surface area (Å²) in [6.07, 6.45) is 0. The van der Waals surface area contributed by atoms with Crippen molar-refractivity contribution < 1.29 is 8.78 Å². The lowest BCUT2D eigenvalue weighted by atomic mass is 9.94. The first-order valence-corrected chi connectivity index (χ1v) is 5.80. The fraction of sp³-hybridized carbons (Fsp3) is 0.200. The summed E-state index contributed by atoms with van der Waals surface area (Å²) in [5, 5.41) is 0. The van der Waals surface area contributed by atoms with Crippen molar-refractivity contribution in [1.29, 1.82) is 0 Å². The van der Waals surface area contributed by atoms with Gasteiger partial charge >= 0.3 is 0 Å². The monoisotopic (exact) mass is 247 g/mol. The summed E-state index contributed by atoms with van der Waals surface area (Å²) in [5.74, 6) is -0.761. The molecule has 0 aliphatic rings. The van der Waals surface area contributed by atoms with Crippen molar-refractivity contribution in [2.45, 2.75) is 19.9 Å². The van der Waals surface area contributed by atoms with Crippen LogP contribution < -0.4 is 5.73 Å². The second-order valence-electron chi connectivity index (χ2n) is 4.50. The molecule has 0 bridgehead atoms. The van der Waals surface area contributed by atoms with Gasteiger partial charge in [-0.05, 0) is 49.2 Å². The zero-order valence-corrected chi connectivity index (χ0v) is 10.4. The van der Waals surface area contributed by atoms with Crippen LogP contribution in [0.25, 0.3) is 11.1 Å². The maximum atomic E-state index is 13.9. The van der Waals surface area contributed by atoms with Gasteiger partial charge in [-0.25, -0.2) is 8.78 Å². The van der Waals surface area contributed by atoms with Crippen LogP contribution in [0.4, 0.5) is 8.78 Å². The lowest BCUT2D eigenvalue weighted by Gasteiger charge is -2.14. The molecule has 2 aromatic rings. The Balaban J connectivity index is 2.69. The van der Waals surface area contributed by atoms with Crippen LogP contribution in [0.5, 0.6) is 0 Å². The van der Waals surface area contributed by atoms with Crippen molar-refractivity contribution >= 4 is 0 Å². The largest absolute Gasteiger partial charge is 0.324 e. The third-order valence-corrected chi connectivity index (χ3v) is 2.92. The molecule has 3 heteroatoms. The summed E-state index contributed by atoms with van der Waals surface area (Å²) >= 11 is 0. The second kappa shape index (κ2) is 4.86. The van der Waals surface area contributed by atoms with Crippen LogP contribution in [0.3, 0.4) is 0 Å². The normalized spacial score (nSPS) is 12.5. The highest BCUT2D eigenvalue weighted by atomic mass is 19.1. The van der Waals surface area contributed by atoms with Gasteiger partial charge in [0.1, 0.15) is 11.6 Å². The Bertz CT molecular complexity index is 577. The molecule has 2 aromatic carbocycles. The maximum absolute atomic E-state index is 13.9. The molecule has 0 aliphatic carbocycles. The molecule has 1 unspecified atom stereocenters. The standard InChI is InChI=1S/C15H15F2N/c1-9-3-6-15(17)14(7-9)13-8-11(16)4-5-12(13)10(2)18/h3-8,10H,18H2,1-2H3. The zero-order chi connectivity index (χ0) is 13.3. The Kier molecular flexibility index (Phi) is 3.43. The number of benzene rings is 2. The molecule has 18 heavy (non-hydrogen) atoms.